The van der Waals surface area contributed by atoms with Crippen LogP contribution in [0, 0.1) is 0 Å². The van der Waals surface area contributed by atoms with Crippen molar-refractivity contribution in [2.45, 2.75) is 24.0 Å². The highest BCUT2D eigenvalue weighted by Gasteiger charge is 2.21. The number of anilines is 1. The van der Waals surface area contributed by atoms with Crippen LogP contribution in [0.4, 0.5) is 5.69 Å². The molecule has 0 spiro atoms. The lowest BCUT2D eigenvalue weighted by molar-refractivity contribution is -0.123. The standard InChI is InChI=1S/C19H25N3O5S2/c1-3-20-18(24)14-27-16-10-8-15(9-11-16)21-17(23)6-4-12-22(2)29(25,26)19-7-5-13-28-19/h5,7-11,13H,3-4,6,12,14H2,1-2H3,(H,20,24)(H,21,23). The summed E-state index contributed by atoms with van der Waals surface area (Å²) in [5, 5.41) is 7.10. The number of carbonyl (C=O) groups is 2. The summed E-state index contributed by atoms with van der Waals surface area (Å²) >= 11 is 1.17. The molecule has 0 saturated heterocycles. The minimum absolute atomic E-state index is 0.0680. The summed E-state index contributed by atoms with van der Waals surface area (Å²) in [6.45, 7) is 2.56. The van der Waals surface area contributed by atoms with Gasteiger partial charge in [-0.05, 0) is 49.1 Å². The van der Waals surface area contributed by atoms with Crippen LogP contribution < -0.4 is 15.4 Å². The normalized spacial score (nSPS) is 11.3. The summed E-state index contributed by atoms with van der Waals surface area (Å²) in [6, 6.07) is 9.94. The maximum absolute atomic E-state index is 12.3. The number of nitrogens with zero attached hydrogens (tertiary/aromatic N) is 1. The van der Waals surface area contributed by atoms with E-state index < -0.39 is 10.0 Å². The molecule has 0 atom stereocenters. The zero-order valence-electron chi connectivity index (χ0n) is 16.4. The summed E-state index contributed by atoms with van der Waals surface area (Å²) in [7, 11) is -1.99. The molecule has 0 aliphatic rings. The average molecular weight is 440 g/mol. The van der Waals surface area contributed by atoms with Crippen LogP contribution in [0.5, 0.6) is 5.75 Å². The maximum Gasteiger partial charge on any atom is 0.257 e. The van der Waals surface area contributed by atoms with Crippen molar-refractivity contribution < 1.29 is 22.7 Å². The molecule has 1 aromatic heterocycles. The van der Waals surface area contributed by atoms with Gasteiger partial charge in [0.1, 0.15) is 9.96 Å². The monoisotopic (exact) mass is 439 g/mol. The fourth-order valence-corrected chi connectivity index (χ4v) is 4.81. The van der Waals surface area contributed by atoms with E-state index in [-0.39, 0.29) is 31.4 Å². The molecule has 1 aromatic carbocycles. The van der Waals surface area contributed by atoms with Gasteiger partial charge in [0.15, 0.2) is 6.61 Å². The number of likely N-dealkylation sites (N-methyl/N-ethyl adjacent to an activating group) is 1. The summed E-state index contributed by atoms with van der Waals surface area (Å²) in [4.78, 5) is 23.5. The number of carbonyl (C=O) groups excluding carboxylic acids is 2. The van der Waals surface area contributed by atoms with E-state index in [0.29, 0.717) is 28.6 Å². The predicted octanol–water partition coefficient (Wildman–Crippen LogP) is 2.30. The molecule has 2 N–H and O–H groups in total. The first kappa shape index (κ1) is 22.9. The minimum atomic E-state index is -3.49. The Morgan fingerprint density at radius 3 is 2.48 bits per heavy atom. The van der Waals surface area contributed by atoms with Crippen LogP contribution in [0.25, 0.3) is 0 Å². The van der Waals surface area contributed by atoms with Gasteiger partial charge in [0.05, 0.1) is 0 Å². The van der Waals surface area contributed by atoms with Crippen LogP contribution in [0.15, 0.2) is 46.0 Å². The summed E-state index contributed by atoms with van der Waals surface area (Å²) in [5.74, 6) is 0.119. The maximum atomic E-state index is 12.3. The van der Waals surface area contributed by atoms with Crippen molar-refractivity contribution in [3.8, 4) is 5.75 Å². The quantitative estimate of drug-likeness (QED) is 0.559. The molecule has 2 rings (SSSR count). The lowest BCUT2D eigenvalue weighted by Crippen LogP contribution is -2.28. The lowest BCUT2D eigenvalue weighted by Gasteiger charge is -2.15. The molecule has 158 valence electrons. The topological polar surface area (TPSA) is 105 Å². The number of ether oxygens (including phenoxy) is 1. The largest absolute Gasteiger partial charge is 0.484 e. The number of rotatable bonds is 11. The number of amides is 2. The highest BCUT2D eigenvalue weighted by molar-refractivity contribution is 7.91. The van der Waals surface area contributed by atoms with Gasteiger partial charge in [-0.25, -0.2) is 12.7 Å². The van der Waals surface area contributed by atoms with E-state index in [0.717, 1.165) is 0 Å². The molecule has 29 heavy (non-hydrogen) atoms. The molecular formula is C19H25N3O5S2. The van der Waals surface area contributed by atoms with E-state index in [9.17, 15) is 18.0 Å². The van der Waals surface area contributed by atoms with Gasteiger partial charge in [-0.2, -0.15) is 0 Å². The van der Waals surface area contributed by atoms with Crippen LogP contribution in [-0.4, -0.2) is 51.3 Å². The van der Waals surface area contributed by atoms with Gasteiger partial charge >= 0.3 is 0 Å². The highest BCUT2D eigenvalue weighted by Crippen LogP contribution is 2.20. The molecule has 0 aliphatic carbocycles. The highest BCUT2D eigenvalue weighted by atomic mass is 32.2. The molecule has 0 bridgehead atoms. The summed E-state index contributed by atoms with van der Waals surface area (Å²) in [6.07, 6.45) is 0.598. The predicted molar refractivity (Wildman–Crippen MR) is 113 cm³/mol. The van der Waals surface area contributed by atoms with Crippen LogP contribution in [0.2, 0.25) is 0 Å². The van der Waals surface area contributed by atoms with E-state index in [1.807, 2.05) is 6.92 Å². The van der Waals surface area contributed by atoms with Gasteiger partial charge < -0.3 is 15.4 Å². The van der Waals surface area contributed by atoms with E-state index in [1.54, 1.807) is 41.8 Å². The number of thiophene rings is 1. The number of hydrogen-bond acceptors (Lipinski definition) is 6. The Morgan fingerprint density at radius 2 is 1.86 bits per heavy atom. The van der Waals surface area contributed by atoms with Crippen molar-refractivity contribution in [2.24, 2.45) is 0 Å². The van der Waals surface area contributed by atoms with Crippen molar-refractivity contribution >= 4 is 38.9 Å². The summed E-state index contributed by atoms with van der Waals surface area (Å²) < 4.78 is 31.5. The molecule has 0 radical (unpaired) electrons. The Hall–Kier alpha value is -2.43. The number of nitrogens with one attached hydrogen (secondary N) is 2. The SMILES string of the molecule is CCNC(=O)COc1ccc(NC(=O)CCCN(C)S(=O)(=O)c2cccs2)cc1. The molecule has 1 heterocycles. The Bertz CT molecular complexity index is 896. The number of hydrogen-bond donors (Lipinski definition) is 2. The van der Waals surface area contributed by atoms with Gasteiger partial charge in [-0.15, -0.1) is 11.3 Å². The first-order valence-electron chi connectivity index (χ1n) is 9.12. The van der Waals surface area contributed by atoms with Crippen molar-refractivity contribution in [2.75, 3.05) is 32.1 Å². The van der Waals surface area contributed by atoms with Crippen molar-refractivity contribution in [1.82, 2.24) is 9.62 Å². The Kier molecular flexibility index (Phi) is 8.62. The molecule has 0 unspecified atom stereocenters. The molecule has 8 nitrogen and oxygen atoms in total. The fraction of sp³-hybridized carbons (Fsp3) is 0.368. The van der Waals surface area contributed by atoms with Crippen LogP contribution in [0.3, 0.4) is 0 Å². The fourth-order valence-electron chi connectivity index (χ4n) is 2.40. The summed E-state index contributed by atoms with van der Waals surface area (Å²) in [5.41, 5.74) is 0.597. The molecule has 2 aromatic rings. The Morgan fingerprint density at radius 1 is 1.14 bits per heavy atom. The third-order valence-corrected chi connectivity index (χ3v) is 7.15. The van der Waals surface area contributed by atoms with Crippen molar-refractivity contribution in [3.63, 3.8) is 0 Å². The Balaban J connectivity index is 1.74. The zero-order chi connectivity index (χ0) is 21.3. The molecule has 2 amide bonds. The second kappa shape index (κ2) is 10.9. The average Bonchev–Trinajstić information content (AvgIpc) is 3.23. The van der Waals surface area contributed by atoms with E-state index >= 15 is 0 Å². The van der Waals surface area contributed by atoms with Crippen molar-refractivity contribution in [3.05, 3.63) is 41.8 Å². The second-order valence-corrected chi connectivity index (χ2v) is 9.40. The third kappa shape index (κ3) is 7.15. The second-order valence-electron chi connectivity index (χ2n) is 6.18. The lowest BCUT2D eigenvalue weighted by atomic mass is 10.2. The first-order valence-corrected chi connectivity index (χ1v) is 11.4. The van der Waals surface area contributed by atoms with Gasteiger partial charge in [0, 0.05) is 32.2 Å². The Labute approximate surface area is 174 Å². The minimum Gasteiger partial charge on any atom is -0.484 e. The van der Waals surface area contributed by atoms with E-state index in [1.165, 1.54) is 22.7 Å². The van der Waals surface area contributed by atoms with Crippen LogP contribution >= 0.6 is 11.3 Å². The zero-order valence-corrected chi connectivity index (χ0v) is 18.0. The van der Waals surface area contributed by atoms with Gasteiger partial charge in [-0.3, -0.25) is 9.59 Å². The van der Waals surface area contributed by atoms with Gasteiger partial charge in [0.2, 0.25) is 5.91 Å². The molecule has 0 aliphatic heterocycles. The molecular weight excluding hydrogens is 414 g/mol. The van der Waals surface area contributed by atoms with Gasteiger partial charge in [-0.1, -0.05) is 6.07 Å². The smallest absolute Gasteiger partial charge is 0.257 e. The number of benzene rings is 1. The van der Waals surface area contributed by atoms with Crippen LogP contribution in [0.1, 0.15) is 19.8 Å². The van der Waals surface area contributed by atoms with E-state index in [4.69, 9.17) is 4.74 Å². The molecule has 0 fully saturated rings. The molecule has 10 heteroatoms. The van der Waals surface area contributed by atoms with Gasteiger partial charge in [0.25, 0.3) is 15.9 Å². The van der Waals surface area contributed by atoms with Crippen LogP contribution in [-0.2, 0) is 19.6 Å². The van der Waals surface area contributed by atoms with E-state index in [2.05, 4.69) is 10.6 Å². The third-order valence-electron chi connectivity index (χ3n) is 3.92. The molecule has 0 saturated carbocycles. The van der Waals surface area contributed by atoms with Crippen molar-refractivity contribution in [1.29, 1.82) is 0 Å². The first-order chi connectivity index (χ1) is 13.8. The number of sulfonamides is 1.